The lowest BCUT2D eigenvalue weighted by Crippen LogP contribution is -2.55. The second kappa shape index (κ2) is 10.7. The van der Waals surface area contributed by atoms with Gasteiger partial charge < -0.3 is 20.4 Å². The van der Waals surface area contributed by atoms with Crippen LogP contribution in [0.4, 0.5) is 0 Å². The largest absolute Gasteiger partial charge is 0.357 e. The van der Waals surface area contributed by atoms with E-state index in [0.29, 0.717) is 12.0 Å². The number of aliphatic imine (C=N–C) groups is 1. The molecule has 0 saturated carbocycles. The van der Waals surface area contributed by atoms with E-state index >= 15 is 0 Å². The Labute approximate surface area is 159 Å². The van der Waals surface area contributed by atoms with E-state index in [4.69, 9.17) is 0 Å². The van der Waals surface area contributed by atoms with Crippen LogP contribution in [0.15, 0.2) is 4.99 Å². The first-order valence-corrected chi connectivity index (χ1v) is 10.2. The number of nitrogens with zero attached hydrogens (tertiary/aromatic N) is 4. The first kappa shape index (κ1) is 21.0. The predicted octanol–water partition coefficient (Wildman–Crippen LogP) is 0.436. The Morgan fingerprint density at radius 1 is 1.04 bits per heavy atom. The summed E-state index contributed by atoms with van der Waals surface area (Å²) in [5.41, 5.74) is 0. The number of carbonyl (C=O) groups excluding carboxylic acids is 1. The van der Waals surface area contributed by atoms with Gasteiger partial charge in [0, 0.05) is 58.4 Å². The van der Waals surface area contributed by atoms with Crippen molar-refractivity contribution >= 4 is 11.9 Å². The van der Waals surface area contributed by atoms with Crippen molar-refractivity contribution < 1.29 is 4.79 Å². The number of likely N-dealkylation sites (tertiary alicyclic amines) is 1. The Hall–Kier alpha value is -1.34. The molecule has 2 rings (SSSR count). The molecule has 0 aromatic rings. The van der Waals surface area contributed by atoms with Crippen LogP contribution >= 0.6 is 0 Å². The van der Waals surface area contributed by atoms with E-state index in [1.54, 1.807) is 0 Å². The summed E-state index contributed by atoms with van der Waals surface area (Å²) in [6, 6.07) is 0.474. The van der Waals surface area contributed by atoms with Crippen molar-refractivity contribution in [1.29, 1.82) is 0 Å². The summed E-state index contributed by atoms with van der Waals surface area (Å²) < 4.78 is 0. The van der Waals surface area contributed by atoms with Gasteiger partial charge >= 0.3 is 0 Å². The van der Waals surface area contributed by atoms with Gasteiger partial charge in [0.2, 0.25) is 5.91 Å². The molecule has 0 aromatic carbocycles. The standard InChI is InChI=1S/C19H38N6O/c1-5-20-19(22-15-18(26)25-8-6-7-9-25)21-14-17(16(2)3)24-12-10-23(4)11-13-24/h16-17H,5-15H2,1-4H3,(H2,20,21,22). The first-order chi connectivity index (χ1) is 12.5. The van der Waals surface area contributed by atoms with Crippen LogP contribution in [0.3, 0.4) is 0 Å². The van der Waals surface area contributed by atoms with Crippen molar-refractivity contribution in [3.05, 3.63) is 0 Å². The van der Waals surface area contributed by atoms with Crippen LogP contribution in [0.25, 0.3) is 0 Å². The molecule has 1 unspecified atom stereocenters. The minimum absolute atomic E-state index is 0.138. The third-order valence-electron chi connectivity index (χ3n) is 5.43. The zero-order chi connectivity index (χ0) is 18.9. The summed E-state index contributed by atoms with van der Waals surface area (Å²) in [6.07, 6.45) is 2.24. The SMILES string of the molecule is CCNC(=NCC(=O)N1CCCC1)NCC(C(C)C)N1CCN(C)CC1. The van der Waals surface area contributed by atoms with Gasteiger partial charge in [0.05, 0.1) is 0 Å². The highest BCUT2D eigenvalue weighted by Crippen LogP contribution is 2.13. The molecule has 2 N–H and O–H groups in total. The lowest BCUT2D eigenvalue weighted by Gasteiger charge is -2.40. The van der Waals surface area contributed by atoms with Crippen LogP contribution in [-0.4, -0.2) is 98.6 Å². The van der Waals surface area contributed by atoms with Gasteiger partial charge in [0.1, 0.15) is 6.54 Å². The lowest BCUT2D eigenvalue weighted by molar-refractivity contribution is -0.128. The molecule has 0 radical (unpaired) electrons. The average Bonchev–Trinajstić information content (AvgIpc) is 3.15. The van der Waals surface area contributed by atoms with E-state index in [1.807, 2.05) is 4.90 Å². The number of nitrogens with one attached hydrogen (secondary N) is 2. The number of piperazine rings is 1. The molecule has 0 spiro atoms. The number of guanidine groups is 1. The number of hydrogen-bond acceptors (Lipinski definition) is 4. The normalized spacial score (nSPS) is 21.3. The maximum Gasteiger partial charge on any atom is 0.244 e. The van der Waals surface area contributed by atoms with Gasteiger partial charge in [-0.15, -0.1) is 0 Å². The minimum atomic E-state index is 0.138. The second-order valence-electron chi connectivity index (χ2n) is 7.81. The molecule has 2 aliphatic rings. The van der Waals surface area contributed by atoms with Crippen molar-refractivity contribution in [2.45, 2.75) is 39.7 Å². The maximum atomic E-state index is 12.2. The molecule has 2 saturated heterocycles. The average molecular weight is 367 g/mol. The molecular formula is C19H38N6O. The Kier molecular flexibility index (Phi) is 8.65. The van der Waals surface area contributed by atoms with Crippen molar-refractivity contribution in [3.8, 4) is 0 Å². The highest BCUT2D eigenvalue weighted by molar-refractivity contribution is 5.85. The third kappa shape index (κ3) is 6.43. The van der Waals surface area contributed by atoms with Gasteiger partial charge in [-0.25, -0.2) is 4.99 Å². The van der Waals surface area contributed by atoms with Gasteiger partial charge in [-0.05, 0) is 32.7 Å². The van der Waals surface area contributed by atoms with Crippen molar-refractivity contribution in [2.24, 2.45) is 10.9 Å². The third-order valence-corrected chi connectivity index (χ3v) is 5.43. The smallest absolute Gasteiger partial charge is 0.244 e. The number of hydrogen-bond donors (Lipinski definition) is 2. The Bertz CT molecular complexity index is 453. The predicted molar refractivity (Wildman–Crippen MR) is 107 cm³/mol. The van der Waals surface area contributed by atoms with Crippen LogP contribution in [-0.2, 0) is 4.79 Å². The van der Waals surface area contributed by atoms with Gasteiger partial charge in [-0.3, -0.25) is 9.69 Å². The van der Waals surface area contributed by atoms with Crippen LogP contribution < -0.4 is 10.6 Å². The fourth-order valence-corrected chi connectivity index (χ4v) is 3.70. The zero-order valence-corrected chi connectivity index (χ0v) is 17.1. The van der Waals surface area contributed by atoms with Gasteiger partial charge in [-0.2, -0.15) is 0 Å². The summed E-state index contributed by atoms with van der Waals surface area (Å²) in [4.78, 5) is 23.6. The monoisotopic (exact) mass is 366 g/mol. The Balaban J connectivity index is 1.87. The van der Waals surface area contributed by atoms with E-state index in [1.165, 1.54) is 0 Å². The number of rotatable bonds is 7. The van der Waals surface area contributed by atoms with Crippen LogP contribution in [0.5, 0.6) is 0 Å². The highest BCUT2D eigenvalue weighted by Gasteiger charge is 2.25. The Morgan fingerprint density at radius 3 is 2.27 bits per heavy atom. The molecule has 1 atom stereocenters. The summed E-state index contributed by atoms with van der Waals surface area (Å²) >= 11 is 0. The molecule has 7 nitrogen and oxygen atoms in total. The summed E-state index contributed by atoms with van der Waals surface area (Å²) in [5.74, 6) is 1.46. The molecule has 2 heterocycles. The number of likely N-dealkylation sites (N-methyl/N-ethyl adjacent to an activating group) is 1. The van der Waals surface area contributed by atoms with Gasteiger partial charge in [-0.1, -0.05) is 13.8 Å². The van der Waals surface area contributed by atoms with Crippen molar-refractivity contribution in [2.75, 3.05) is 66.0 Å². The van der Waals surface area contributed by atoms with E-state index in [0.717, 1.165) is 71.2 Å². The molecule has 2 aliphatic heterocycles. The molecule has 1 amide bonds. The van der Waals surface area contributed by atoms with E-state index in [-0.39, 0.29) is 12.5 Å². The molecule has 150 valence electrons. The Morgan fingerprint density at radius 2 is 1.69 bits per heavy atom. The van der Waals surface area contributed by atoms with Crippen molar-refractivity contribution in [1.82, 2.24) is 25.3 Å². The van der Waals surface area contributed by atoms with Crippen LogP contribution in [0.1, 0.15) is 33.6 Å². The van der Waals surface area contributed by atoms with E-state index in [2.05, 4.69) is 53.2 Å². The van der Waals surface area contributed by atoms with E-state index in [9.17, 15) is 4.79 Å². The second-order valence-corrected chi connectivity index (χ2v) is 7.81. The maximum absolute atomic E-state index is 12.2. The molecule has 7 heteroatoms. The molecule has 0 aromatic heterocycles. The van der Waals surface area contributed by atoms with Crippen LogP contribution in [0.2, 0.25) is 0 Å². The quantitative estimate of drug-likeness (QED) is 0.506. The summed E-state index contributed by atoms with van der Waals surface area (Å²) in [6.45, 7) is 14.8. The molecule has 2 fully saturated rings. The van der Waals surface area contributed by atoms with Crippen molar-refractivity contribution in [3.63, 3.8) is 0 Å². The fraction of sp³-hybridized carbons (Fsp3) is 0.895. The van der Waals surface area contributed by atoms with Gasteiger partial charge in [0.25, 0.3) is 0 Å². The first-order valence-electron chi connectivity index (χ1n) is 10.2. The zero-order valence-electron chi connectivity index (χ0n) is 17.1. The molecule has 26 heavy (non-hydrogen) atoms. The van der Waals surface area contributed by atoms with E-state index < -0.39 is 0 Å². The van der Waals surface area contributed by atoms with Gasteiger partial charge in [0.15, 0.2) is 5.96 Å². The topological polar surface area (TPSA) is 63.2 Å². The summed E-state index contributed by atoms with van der Waals surface area (Å²) in [5, 5.41) is 6.74. The number of carbonyl (C=O) groups is 1. The van der Waals surface area contributed by atoms with Crippen LogP contribution in [0, 0.1) is 5.92 Å². The highest BCUT2D eigenvalue weighted by atomic mass is 16.2. The lowest BCUT2D eigenvalue weighted by atomic mass is 10.0. The molecule has 0 bridgehead atoms. The molecule has 0 aliphatic carbocycles. The fourth-order valence-electron chi connectivity index (χ4n) is 3.70. The minimum Gasteiger partial charge on any atom is -0.357 e. The molecular weight excluding hydrogens is 328 g/mol. The summed E-state index contributed by atoms with van der Waals surface area (Å²) in [7, 11) is 2.19. The number of amides is 1.